The van der Waals surface area contributed by atoms with Crippen LogP contribution in [0, 0.1) is 0 Å². The van der Waals surface area contributed by atoms with Gasteiger partial charge in [-0.05, 0) is 37.2 Å². The Morgan fingerprint density at radius 1 is 1.18 bits per heavy atom. The van der Waals surface area contributed by atoms with Crippen LogP contribution < -0.4 is 0 Å². The van der Waals surface area contributed by atoms with Gasteiger partial charge in [-0.15, -0.1) is 0 Å². The lowest BCUT2D eigenvalue weighted by Gasteiger charge is -2.17. The summed E-state index contributed by atoms with van der Waals surface area (Å²) < 4.78 is 10.6. The summed E-state index contributed by atoms with van der Waals surface area (Å²) in [5.41, 5.74) is 2.06. The van der Waals surface area contributed by atoms with Crippen LogP contribution in [0.15, 0.2) is 30.3 Å². The Labute approximate surface area is 133 Å². The second kappa shape index (κ2) is 11.0. The minimum atomic E-state index is -0.320. The van der Waals surface area contributed by atoms with E-state index in [1.54, 1.807) is 13.0 Å². The highest BCUT2D eigenvalue weighted by Gasteiger charge is 2.02. The summed E-state index contributed by atoms with van der Waals surface area (Å²) in [5.74, 6) is -0.320. The molecule has 22 heavy (non-hydrogen) atoms. The van der Waals surface area contributed by atoms with Crippen LogP contribution in [0.3, 0.4) is 0 Å². The molecule has 1 rings (SSSR count). The number of nitrogens with zero attached hydrogens (tertiary/aromatic N) is 1. The van der Waals surface area contributed by atoms with Crippen molar-refractivity contribution in [2.24, 2.45) is 0 Å². The summed E-state index contributed by atoms with van der Waals surface area (Å²) in [5, 5.41) is 0. The topological polar surface area (TPSA) is 38.8 Å². The number of benzene rings is 1. The molecule has 0 heterocycles. The van der Waals surface area contributed by atoms with Crippen molar-refractivity contribution in [2.75, 3.05) is 32.8 Å². The lowest BCUT2D eigenvalue weighted by Crippen LogP contribution is -2.27. The number of ether oxygens (including phenoxy) is 2. The molecule has 0 fully saturated rings. The Kier molecular flexibility index (Phi) is 9.19. The van der Waals surface area contributed by atoms with Crippen LogP contribution in [-0.4, -0.2) is 43.7 Å². The monoisotopic (exact) mass is 305 g/mol. The van der Waals surface area contributed by atoms with Crippen molar-refractivity contribution in [1.82, 2.24) is 4.90 Å². The van der Waals surface area contributed by atoms with E-state index in [-0.39, 0.29) is 5.97 Å². The smallest absolute Gasteiger partial charge is 0.330 e. The molecule has 0 amide bonds. The third kappa shape index (κ3) is 6.87. The number of esters is 1. The third-order valence-corrected chi connectivity index (χ3v) is 3.44. The van der Waals surface area contributed by atoms with Crippen molar-refractivity contribution in [3.05, 3.63) is 41.5 Å². The number of carbonyl (C=O) groups excluding carboxylic acids is 1. The molecule has 122 valence electrons. The number of hydrogen-bond acceptors (Lipinski definition) is 4. The molecule has 0 aliphatic rings. The van der Waals surface area contributed by atoms with Gasteiger partial charge in [0.05, 0.1) is 19.8 Å². The highest BCUT2D eigenvalue weighted by atomic mass is 16.5. The summed E-state index contributed by atoms with van der Waals surface area (Å²) in [6, 6.07) is 7.91. The van der Waals surface area contributed by atoms with Gasteiger partial charge < -0.3 is 14.4 Å². The summed E-state index contributed by atoms with van der Waals surface area (Å²) >= 11 is 0. The highest BCUT2D eigenvalue weighted by Crippen LogP contribution is 2.12. The molecule has 0 saturated carbocycles. The van der Waals surface area contributed by atoms with Gasteiger partial charge in [-0.2, -0.15) is 0 Å². The summed E-state index contributed by atoms with van der Waals surface area (Å²) in [6.07, 6.45) is 3.24. The van der Waals surface area contributed by atoms with E-state index in [0.717, 1.165) is 30.8 Å². The van der Waals surface area contributed by atoms with Gasteiger partial charge in [-0.25, -0.2) is 4.79 Å². The number of hydrogen-bond donors (Lipinski definition) is 0. The molecule has 0 N–H and O–H groups in total. The van der Waals surface area contributed by atoms with Crippen LogP contribution >= 0.6 is 0 Å². The molecule has 1 aromatic carbocycles. The van der Waals surface area contributed by atoms with E-state index in [1.165, 1.54) is 6.08 Å². The Balaban J connectivity index is 2.51. The maximum Gasteiger partial charge on any atom is 0.330 e. The summed E-state index contributed by atoms with van der Waals surface area (Å²) in [6.45, 7) is 10.8. The molecule has 0 saturated heterocycles. The molecule has 4 nitrogen and oxygen atoms in total. The number of carbonyl (C=O) groups is 1. The zero-order valence-electron chi connectivity index (χ0n) is 13.9. The van der Waals surface area contributed by atoms with E-state index in [2.05, 4.69) is 18.7 Å². The zero-order chi connectivity index (χ0) is 16.2. The van der Waals surface area contributed by atoms with Gasteiger partial charge in [0, 0.05) is 12.6 Å². The molecule has 0 atom stereocenters. The first-order chi connectivity index (χ1) is 10.7. The summed E-state index contributed by atoms with van der Waals surface area (Å²) in [4.78, 5) is 13.7. The normalized spacial score (nSPS) is 11.3. The molecule has 4 heteroatoms. The van der Waals surface area contributed by atoms with Gasteiger partial charge in [-0.3, -0.25) is 0 Å². The van der Waals surface area contributed by atoms with E-state index in [0.29, 0.717) is 19.8 Å². The van der Waals surface area contributed by atoms with E-state index >= 15 is 0 Å². The van der Waals surface area contributed by atoms with Gasteiger partial charge in [0.25, 0.3) is 0 Å². The van der Waals surface area contributed by atoms with Crippen LogP contribution in [0.25, 0.3) is 6.08 Å². The SMILES string of the molecule is CCOC(=O)/C=C/c1ccccc1COCCN(CC)CC. The van der Waals surface area contributed by atoms with Crippen molar-refractivity contribution in [2.45, 2.75) is 27.4 Å². The Morgan fingerprint density at radius 3 is 2.59 bits per heavy atom. The first-order valence-corrected chi connectivity index (χ1v) is 7.94. The largest absolute Gasteiger partial charge is 0.463 e. The second-order valence-electron chi connectivity index (χ2n) is 4.86. The molecular weight excluding hydrogens is 278 g/mol. The fourth-order valence-electron chi connectivity index (χ4n) is 2.09. The first-order valence-electron chi connectivity index (χ1n) is 7.94. The molecule has 0 spiro atoms. The van der Waals surface area contributed by atoms with Gasteiger partial charge in [0.1, 0.15) is 0 Å². The minimum absolute atomic E-state index is 0.320. The van der Waals surface area contributed by atoms with Crippen molar-refractivity contribution >= 4 is 12.0 Å². The maximum absolute atomic E-state index is 11.4. The van der Waals surface area contributed by atoms with Crippen molar-refractivity contribution in [1.29, 1.82) is 0 Å². The predicted molar refractivity (Wildman–Crippen MR) is 89.6 cm³/mol. The van der Waals surface area contributed by atoms with Gasteiger partial charge >= 0.3 is 5.97 Å². The lowest BCUT2D eigenvalue weighted by molar-refractivity contribution is -0.137. The van der Waals surface area contributed by atoms with Crippen molar-refractivity contribution in [3.63, 3.8) is 0 Å². The van der Waals surface area contributed by atoms with Gasteiger partial charge in [0.2, 0.25) is 0 Å². The molecule has 0 radical (unpaired) electrons. The Hall–Kier alpha value is -1.65. The van der Waals surface area contributed by atoms with Gasteiger partial charge in [0.15, 0.2) is 0 Å². The molecule has 0 bridgehead atoms. The molecular formula is C18H27NO3. The molecule has 0 aromatic heterocycles. The van der Waals surface area contributed by atoms with E-state index in [9.17, 15) is 4.79 Å². The molecule has 0 aliphatic heterocycles. The average molecular weight is 305 g/mol. The quantitative estimate of drug-likeness (QED) is 0.378. The van der Waals surface area contributed by atoms with Crippen LogP contribution in [-0.2, 0) is 20.9 Å². The third-order valence-electron chi connectivity index (χ3n) is 3.44. The predicted octanol–water partition coefficient (Wildman–Crippen LogP) is 3.12. The van der Waals surface area contributed by atoms with Crippen LogP contribution in [0.5, 0.6) is 0 Å². The van der Waals surface area contributed by atoms with E-state index < -0.39 is 0 Å². The molecule has 0 unspecified atom stereocenters. The first kappa shape index (κ1) is 18.4. The standard InChI is InChI=1S/C18H27NO3/c1-4-19(5-2)13-14-21-15-17-10-8-7-9-16(17)11-12-18(20)22-6-3/h7-12H,4-6,13-15H2,1-3H3/b12-11+. The maximum atomic E-state index is 11.4. The van der Waals surface area contributed by atoms with Crippen LogP contribution in [0.4, 0.5) is 0 Å². The lowest BCUT2D eigenvalue weighted by atomic mass is 10.1. The van der Waals surface area contributed by atoms with E-state index in [1.807, 2.05) is 24.3 Å². The summed E-state index contributed by atoms with van der Waals surface area (Å²) in [7, 11) is 0. The van der Waals surface area contributed by atoms with Gasteiger partial charge in [-0.1, -0.05) is 38.1 Å². The van der Waals surface area contributed by atoms with E-state index in [4.69, 9.17) is 9.47 Å². The van der Waals surface area contributed by atoms with Crippen LogP contribution in [0.2, 0.25) is 0 Å². The average Bonchev–Trinajstić information content (AvgIpc) is 2.54. The minimum Gasteiger partial charge on any atom is -0.463 e. The van der Waals surface area contributed by atoms with Crippen LogP contribution in [0.1, 0.15) is 31.9 Å². The zero-order valence-corrected chi connectivity index (χ0v) is 13.9. The molecule has 1 aromatic rings. The Bertz CT molecular complexity index is 467. The fraction of sp³-hybridized carbons (Fsp3) is 0.500. The highest BCUT2D eigenvalue weighted by molar-refractivity contribution is 5.87. The van der Waals surface area contributed by atoms with Crippen molar-refractivity contribution < 1.29 is 14.3 Å². The Morgan fingerprint density at radius 2 is 1.91 bits per heavy atom. The molecule has 0 aliphatic carbocycles. The number of rotatable bonds is 10. The van der Waals surface area contributed by atoms with Crippen molar-refractivity contribution in [3.8, 4) is 0 Å². The number of likely N-dealkylation sites (N-methyl/N-ethyl adjacent to an activating group) is 1. The second-order valence-corrected chi connectivity index (χ2v) is 4.86. The fourth-order valence-corrected chi connectivity index (χ4v) is 2.09.